The van der Waals surface area contributed by atoms with Crippen molar-refractivity contribution in [2.75, 3.05) is 22.8 Å². The molecule has 3 rings (SSSR count). The number of rotatable bonds is 8. The molecule has 0 saturated carbocycles. The van der Waals surface area contributed by atoms with E-state index in [2.05, 4.69) is 9.44 Å². The summed E-state index contributed by atoms with van der Waals surface area (Å²) >= 11 is 1.51. The standard InChI is InChI=1S/C20H20N2O5S3/c1-27-17-7-3-15(4-8-17)21-29(23,24)19-11-5-16(6-12-19)22-30(25,26)20-13-9-18(28-2)10-14-20/h3-14,21-22H,1-2H3. The Bertz CT molecular complexity index is 1210. The van der Waals surface area contributed by atoms with Crippen molar-refractivity contribution in [3.8, 4) is 5.75 Å². The van der Waals surface area contributed by atoms with Gasteiger partial charge in [0.2, 0.25) is 0 Å². The van der Waals surface area contributed by atoms with Gasteiger partial charge in [-0.25, -0.2) is 16.8 Å². The third-order valence-electron chi connectivity index (χ3n) is 4.13. The number of anilines is 2. The number of hydrogen-bond acceptors (Lipinski definition) is 6. The van der Waals surface area contributed by atoms with Crippen LogP contribution in [-0.2, 0) is 20.0 Å². The van der Waals surface area contributed by atoms with Crippen LogP contribution in [0.3, 0.4) is 0 Å². The molecule has 3 aromatic rings. The van der Waals surface area contributed by atoms with Gasteiger partial charge in [0.25, 0.3) is 20.0 Å². The van der Waals surface area contributed by atoms with Crippen LogP contribution in [0.2, 0.25) is 0 Å². The summed E-state index contributed by atoms with van der Waals surface area (Å²) in [6.45, 7) is 0. The van der Waals surface area contributed by atoms with Gasteiger partial charge >= 0.3 is 0 Å². The maximum Gasteiger partial charge on any atom is 0.261 e. The SMILES string of the molecule is COc1ccc(NS(=O)(=O)c2ccc(NS(=O)(=O)c3ccc(SC)cc3)cc2)cc1. The smallest absolute Gasteiger partial charge is 0.261 e. The second kappa shape index (κ2) is 8.99. The summed E-state index contributed by atoms with van der Waals surface area (Å²) in [7, 11) is -6.08. The molecule has 0 fully saturated rings. The first-order valence-electron chi connectivity index (χ1n) is 8.67. The maximum atomic E-state index is 12.6. The minimum atomic E-state index is -3.82. The van der Waals surface area contributed by atoms with E-state index >= 15 is 0 Å². The molecule has 2 N–H and O–H groups in total. The summed E-state index contributed by atoms with van der Waals surface area (Å²) in [6, 6.07) is 18.4. The predicted octanol–water partition coefficient (Wildman–Crippen LogP) is 4.02. The number of nitrogens with one attached hydrogen (secondary N) is 2. The fourth-order valence-electron chi connectivity index (χ4n) is 2.54. The van der Waals surface area contributed by atoms with E-state index in [4.69, 9.17) is 4.74 Å². The van der Waals surface area contributed by atoms with Crippen LogP contribution in [0.25, 0.3) is 0 Å². The summed E-state index contributed by atoms with van der Waals surface area (Å²) in [5.74, 6) is 0.609. The van der Waals surface area contributed by atoms with Gasteiger partial charge in [-0.3, -0.25) is 9.44 Å². The predicted molar refractivity (Wildman–Crippen MR) is 119 cm³/mol. The number of methoxy groups -OCH3 is 1. The molecule has 7 nitrogen and oxygen atoms in total. The molecule has 0 heterocycles. The van der Waals surface area contributed by atoms with E-state index < -0.39 is 20.0 Å². The lowest BCUT2D eigenvalue weighted by atomic mass is 10.3. The van der Waals surface area contributed by atoms with Crippen molar-refractivity contribution in [1.29, 1.82) is 0 Å². The molecule has 0 bridgehead atoms. The molecule has 0 aromatic heterocycles. The zero-order valence-corrected chi connectivity index (χ0v) is 18.6. The summed E-state index contributed by atoms with van der Waals surface area (Å²) in [5, 5.41) is 0. The Balaban J connectivity index is 1.74. The second-order valence-corrected chi connectivity index (χ2v) is 10.4. The van der Waals surface area contributed by atoms with Crippen molar-refractivity contribution < 1.29 is 21.6 Å². The molecule has 0 atom stereocenters. The molecule has 158 valence electrons. The molecule has 0 aliphatic carbocycles. The van der Waals surface area contributed by atoms with Gasteiger partial charge in [0.15, 0.2) is 0 Å². The summed E-state index contributed by atoms with van der Waals surface area (Å²) in [4.78, 5) is 1.08. The van der Waals surface area contributed by atoms with Gasteiger partial charge < -0.3 is 4.74 Å². The Labute approximate surface area is 180 Å². The molecule has 0 spiro atoms. The van der Waals surface area contributed by atoms with Crippen LogP contribution in [0.5, 0.6) is 5.75 Å². The molecular formula is C20H20N2O5S3. The first-order chi connectivity index (χ1) is 14.2. The number of sulfonamides is 2. The number of benzene rings is 3. The van der Waals surface area contributed by atoms with Crippen LogP contribution in [0.4, 0.5) is 11.4 Å². The quantitative estimate of drug-likeness (QED) is 0.488. The van der Waals surface area contributed by atoms with Crippen LogP contribution in [-0.4, -0.2) is 30.2 Å². The van der Waals surface area contributed by atoms with Crippen LogP contribution < -0.4 is 14.2 Å². The molecule has 0 aliphatic heterocycles. The van der Waals surface area contributed by atoms with E-state index in [1.165, 1.54) is 55.3 Å². The van der Waals surface area contributed by atoms with Gasteiger partial charge in [-0.1, -0.05) is 0 Å². The number of thioether (sulfide) groups is 1. The zero-order valence-electron chi connectivity index (χ0n) is 16.2. The van der Waals surface area contributed by atoms with Crippen molar-refractivity contribution in [2.24, 2.45) is 0 Å². The van der Waals surface area contributed by atoms with Crippen LogP contribution in [0.15, 0.2) is 87.5 Å². The molecule has 0 amide bonds. The van der Waals surface area contributed by atoms with Gasteiger partial charge in [0.1, 0.15) is 5.75 Å². The first-order valence-corrected chi connectivity index (χ1v) is 12.9. The second-order valence-electron chi connectivity index (χ2n) is 6.14. The molecule has 30 heavy (non-hydrogen) atoms. The van der Waals surface area contributed by atoms with Crippen molar-refractivity contribution in [1.82, 2.24) is 0 Å². The minimum Gasteiger partial charge on any atom is -0.497 e. The van der Waals surface area contributed by atoms with Crippen molar-refractivity contribution in [2.45, 2.75) is 14.7 Å². The molecule has 0 radical (unpaired) electrons. The molecule has 3 aromatic carbocycles. The van der Waals surface area contributed by atoms with E-state index in [1.807, 2.05) is 6.26 Å². The lowest BCUT2D eigenvalue weighted by Crippen LogP contribution is -2.14. The van der Waals surface area contributed by atoms with Gasteiger partial charge in [-0.2, -0.15) is 0 Å². The minimum absolute atomic E-state index is 0.00518. The van der Waals surface area contributed by atoms with Gasteiger partial charge in [-0.05, 0) is 79.1 Å². The summed E-state index contributed by atoms with van der Waals surface area (Å²) in [5.41, 5.74) is 0.640. The highest BCUT2D eigenvalue weighted by molar-refractivity contribution is 7.98. The third-order valence-corrected chi connectivity index (χ3v) is 7.67. The molecule has 0 aliphatic rings. The molecule has 0 saturated heterocycles. The number of hydrogen-bond donors (Lipinski definition) is 2. The van der Waals surface area contributed by atoms with Crippen LogP contribution in [0.1, 0.15) is 0 Å². The van der Waals surface area contributed by atoms with Crippen molar-refractivity contribution >= 4 is 43.2 Å². The van der Waals surface area contributed by atoms with Gasteiger partial charge in [0, 0.05) is 16.3 Å². The Morgan fingerprint density at radius 2 is 1.07 bits per heavy atom. The van der Waals surface area contributed by atoms with Crippen molar-refractivity contribution in [3.63, 3.8) is 0 Å². The monoisotopic (exact) mass is 464 g/mol. The van der Waals surface area contributed by atoms with E-state index in [1.54, 1.807) is 36.4 Å². The first kappa shape index (κ1) is 22.0. The Morgan fingerprint density at radius 3 is 1.47 bits per heavy atom. The average molecular weight is 465 g/mol. The van der Waals surface area contributed by atoms with E-state index in [0.717, 1.165) is 4.90 Å². The maximum absolute atomic E-state index is 12.6. The Morgan fingerprint density at radius 1 is 0.667 bits per heavy atom. The molecule has 10 heteroatoms. The fourth-order valence-corrected chi connectivity index (χ4v) is 5.07. The summed E-state index contributed by atoms with van der Waals surface area (Å²) < 4.78 is 60.1. The number of ether oxygens (including phenoxy) is 1. The highest BCUT2D eigenvalue weighted by Crippen LogP contribution is 2.23. The van der Waals surface area contributed by atoms with Gasteiger partial charge in [-0.15, -0.1) is 11.8 Å². The summed E-state index contributed by atoms with van der Waals surface area (Å²) in [6.07, 6.45) is 1.90. The lowest BCUT2D eigenvalue weighted by Gasteiger charge is -2.11. The third kappa shape index (κ3) is 5.26. The fraction of sp³-hybridized carbons (Fsp3) is 0.100. The molecule has 0 unspecified atom stereocenters. The Kier molecular flexibility index (Phi) is 6.59. The largest absolute Gasteiger partial charge is 0.497 e. The highest BCUT2D eigenvalue weighted by Gasteiger charge is 2.17. The average Bonchev–Trinajstić information content (AvgIpc) is 2.74. The lowest BCUT2D eigenvalue weighted by molar-refractivity contribution is 0.415. The van der Waals surface area contributed by atoms with E-state index in [9.17, 15) is 16.8 Å². The van der Waals surface area contributed by atoms with E-state index in [-0.39, 0.29) is 15.5 Å². The van der Waals surface area contributed by atoms with Crippen LogP contribution in [0, 0.1) is 0 Å². The van der Waals surface area contributed by atoms with Crippen LogP contribution >= 0.6 is 11.8 Å². The normalized spacial score (nSPS) is 11.7. The topological polar surface area (TPSA) is 102 Å². The van der Waals surface area contributed by atoms with Crippen molar-refractivity contribution in [3.05, 3.63) is 72.8 Å². The molecular weight excluding hydrogens is 444 g/mol. The zero-order chi connectivity index (χ0) is 21.8. The van der Waals surface area contributed by atoms with E-state index in [0.29, 0.717) is 11.4 Å². The highest BCUT2D eigenvalue weighted by atomic mass is 32.2. The Hall–Kier alpha value is -2.69. The van der Waals surface area contributed by atoms with Gasteiger partial charge in [0.05, 0.1) is 16.9 Å².